The van der Waals surface area contributed by atoms with Crippen molar-refractivity contribution in [3.8, 4) is 16.3 Å². The van der Waals surface area contributed by atoms with Gasteiger partial charge in [-0.15, -0.1) is 11.3 Å². The summed E-state index contributed by atoms with van der Waals surface area (Å²) in [6.07, 6.45) is 1.79. The lowest BCUT2D eigenvalue weighted by Crippen LogP contribution is -2.26. The maximum Gasteiger partial charge on any atom is 0.164 e. The van der Waals surface area contributed by atoms with Gasteiger partial charge in [0.15, 0.2) is 9.84 Å². The normalized spacial score (nSPS) is 11.5. The minimum absolute atomic E-state index is 0.0133. The first-order valence-electron chi connectivity index (χ1n) is 12.5. The third kappa shape index (κ3) is 7.18. The first-order valence-corrected chi connectivity index (χ1v) is 15.2. The van der Waals surface area contributed by atoms with Gasteiger partial charge in [-0.3, -0.25) is 4.98 Å². The third-order valence-corrected chi connectivity index (χ3v) is 8.35. The number of nitrogens with zero attached hydrogens (tertiary/aromatic N) is 2. The van der Waals surface area contributed by atoms with Crippen molar-refractivity contribution in [2.75, 3.05) is 23.5 Å². The number of sulfone groups is 1. The summed E-state index contributed by atoms with van der Waals surface area (Å²) in [4.78, 5) is 9.27. The zero-order valence-electron chi connectivity index (χ0n) is 21.2. The summed E-state index contributed by atoms with van der Waals surface area (Å²) in [7, 11) is -3.19. The zero-order chi connectivity index (χ0) is 27.1. The molecule has 0 atom stereocenters. The fraction of sp³-hybridized carbons (Fsp3) is 0.172. The van der Waals surface area contributed by atoms with E-state index >= 15 is 0 Å². The second kappa shape index (κ2) is 12.4. The lowest BCUT2D eigenvalue weighted by atomic mass is 10.1. The van der Waals surface area contributed by atoms with Gasteiger partial charge >= 0.3 is 0 Å². The number of thiazole rings is 1. The highest BCUT2D eigenvalue weighted by Gasteiger charge is 2.10. The van der Waals surface area contributed by atoms with Crippen molar-refractivity contribution in [3.05, 3.63) is 102 Å². The number of pyridine rings is 1. The second-order valence-corrected chi connectivity index (χ2v) is 12.0. The predicted molar refractivity (Wildman–Crippen MR) is 158 cm³/mol. The van der Waals surface area contributed by atoms with Crippen LogP contribution in [0.4, 0.5) is 11.4 Å². The van der Waals surface area contributed by atoms with Gasteiger partial charge < -0.3 is 21.1 Å². The van der Waals surface area contributed by atoms with Gasteiger partial charge in [0.05, 0.1) is 22.8 Å². The fourth-order valence-electron chi connectivity index (χ4n) is 3.97. The molecular formula is C29H29N5O3S2. The first kappa shape index (κ1) is 26.8. The van der Waals surface area contributed by atoms with E-state index in [0.717, 1.165) is 49.9 Å². The Morgan fingerprint density at radius 3 is 2.59 bits per heavy atom. The van der Waals surface area contributed by atoms with E-state index in [0.29, 0.717) is 19.7 Å². The molecule has 10 heteroatoms. The molecule has 0 bridgehead atoms. The number of rotatable bonds is 12. The number of nitrogens with two attached hydrogens (primary N) is 1. The van der Waals surface area contributed by atoms with Crippen LogP contribution in [0.5, 0.6) is 5.75 Å². The Hall–Kier alpha value is -3.83. The van der Waals surface area contributed by atoms with E-state index < -0.39 is 9.84 Å². The van der Waals surface area contributed by atoms with E-state index in [-0.39, 0.29) is 11.6 Å². The highest BCUT2D eigenvalue weighted by atomic mass is 32.2. The number of benzene rings is 3. The van der Waals surface area contributed by atoms with Gasteiger partial charge in [0, 0.05) is 47.0 Å². The van der Waals surface area contributed by atoms with E-state index in [9.17, 15) is 8.42 Å². The van der Waals surface area contributed by atoms with Crippen LogP contribution in [-0.2, 0) is 23.0 Å². The van der Waals surface area contributed by atoms with Crippen molar-refractivity contribution in [1.29, 1.82) is 0 Å². The van der Waals surface area contributed by atoms with Crippen molar-refractivity contribution >= 4 is 43.5 Å². The van der Waals surface area contributed by atoms with Gasteiger partial charge in [-0.1, -0.05) is 42.5 Å². The molecule has 0 radical (unpaired) electrons. The summed E-state index contributed by atoms with van der Waals surface area (Å²) < 4.78 is 28.9. The smallest absolute Gasteiger partial charge is 0.164 e. The quantitative estimate of drug-likeness (QED) is 0.181. The average Bonchev–Trinajstić information content (AvgIpc) is 3.44. The highest BCUT2D eigenvalue weighted by molar-refractivity contribution is 7.91. The van der Waals surface area contributed by atoms with E-state index in [1.807, 2.05) is 84.2 Å². The van der Waals surface area contributed by atoms with Crippen LogP contribution < -0.4 is 21.1 Å². The molecule has 0 amide bonds. The summed E-state index contributed by atoms with van der Waals surface area (Å²) >= 11 is 1.55. The topological polar surface area (TPSA) is 119 Å². The van der Waals surface area contributed by atoms with Crippen LogP contribution in [0.25, 0.3) is 21.5 Å². The Morgan fingerprint density at radius 2 is 1.79 bits per heavy atom. The Bertz CT molecular complexity index is 1640. The molecule has 200 valence electrons. The summed E-state index contributed by atoms with van der Waals surface area (Å²) in [6, 6.07) is 26.1. The molecule has 5 aromatic rings. The van der Waals surface area contributed by atoms with Gasteiger partial charge in [0.1, 0.15) is 17.4 Å². The number of hydrogen-bond acceptors (Lipinski definition) is 9. The largest absolute Gasteiger partial charge is 0.489 e. The van der Waals surface area contributed by atoms with Crippen LogP contribution in [-0.4, -0.2) is 36.6 Å². The first-order chi connectivity index (χ1) is 19.0. The molecule has 2 heterocycles. The lowest BCUT2D eigenvalue weighted by Gasteiger charge is -2.11. The monoisotopic (exact) mass is 559 g/mol. The maximum atomic E-state index is 11.5. The molecule has 0 fully saturated rings. The highest BCUT2D eigenvalue weighted by Crippen LogP contribution is 2.31. The summed E-state index contributed by atoms with van der Waals surface area (Å²) in [6.45, 7) is 1.36. The fourth-order valence-corrected chi connectivity index (χ4v) is 5.41. The van der Waals surface area contributed by atoms with Crippen LogP contribution in [0.3, 0.4) is 0 Å². The molecule has 0 aliphatic carbocycles. The maximum absolute atomic E-state index is 11.5. The molecule has 0 spiro atoms. The van der Waals surface area contributed by atoms with Crippen molar-refractivity contribution in [3.63, 3.8) is 0 Å². The Labute approximate surface area is 231 Å². The number of ether oxygens (including phenoxy) is 1. The van der Waals surface area contributed by atoms with Gasteiger partial charge in [-0.05, 0) is 42.0 Å². The molecule has 8 nitrogen and oxygen atoms in total. The van der Waals surface area contributed by atoms with Crippen molar-refractivity contribution in [2.45, 2.75) is 13.2 Å². The van der Waals surface area contributed by atoms with Crippen molar-refractivity contribution in [2.24, 2.45) is 5.73 Å². The minimum Gasteiger partial charge on any atom is -0.489 e. The van der Waals surface area contributed by atoms with Gasteiger partial charge in [0.2, 0.25) is 0 Å². The van der Waals surface area contributed by atoms with Gasteiger partial charge in [-0.25, -0.2) is 13.4 Å². The van der Waals surface area contributed by atoms with E-state index in [1.54, 1.807) is 17.5 Å². The van der Waals surface area contributed by atoms with Crippen molar-refractivity contribution < 1.29 is 13.2 Å². The van der Waals surface area contributed by atoms with Crippen LogP contribution in [0, 0.1) is 0 Å². The lowest BCUT2D eigenvalue weighted by molar-refractivity contribution is 0.306. The number of fused-ring (bicyclic) bond motifs is 1. The van der Waals surface area contributed by atoms with Gasteiger partial charge in [-0.2, -0.15) is 0 Å². The molecule has 0 saturated carbocycles. The van der Waals surface area contributed by atoms with E-state index in [1.165, 1.54) is 0 Å². The van der Waals surface area contributed by atoms with E-state index in [4.69, 9.17) is 15.5 Å². The molecule has 2 aromatic heterocycles. The summed E-state index contributed by atoms with van der Waals surface area (Å²) in [5.41, 5.74) is 11.0. The molecule has 0 aliphatic rings. The van der Waals surface area contributed by atoms with E-state index in [2.05, 4.69) is 15.6 Å². The number of aromatic nitrogens is 2. The Balaban J connectivity index is 1.22. The van der Waals surface area contributed by atoms with Gasteiger partial charge in [0.25, 0.3) is 0 Å². The SMILES string of the molecule is NCS(=O)(=O)CCNCc1csc(-c2ccc3c(Nc4ccc(OCc5ccccc5)cc4)ccnc3c2)n1. The molecular weight excluding hydrogens is 530 g/mol. The van der Waals surface area contributed by atoms with Crippen LogP contribution in [0.2, 0.25) is 0 Å². The van der Waals surface area contributed by atoms with Crippen molar-refractivity contribution in [1.82, 2.24) is 15.3 Å². The predicted octanol–water partition coefficient (Wildman–Crippen LogP) is 5.10. The van der Waals surface area contributed by atoms with Crippen LogP contribution >= 0.6 is 11.3 Å². The molecule has 0 unspecified atom stereocenters. The average molecular weight is 560 g/mol. The van der Waals surface area contributed by atoms with Crippen LogP contribution in [0.1, 0.15) is 11.3 Å². The molecule has 3 aromatic carbocycles. The summed E-state index contributed by atoms with van der Waals surface area (Å²) in [5, 5.41) is 10.5. The van der Waals surface area contributed by atoms with Crippen LogP contribution in [0.15, 0.2) is 90.4 Å². The third-order valence-electron chi connectivity index (χ3n) is 6.07. The molecule has 5 rings (SSSR count). The zero-order valence-corrected chi connectivity index (χ0v) is 22.8. The standard InChI is InChI=1S/C29H29N5O3S2/c30-20-39(35,36)15-14-31-17-24-19-38-29(34-24)22-6-11-26-27(12-13-32-28(26)16-22)33-23-7-9-25(10-8-23)37-18-21-4-2-1-3-5-21/h1-13,16,19,31H,14-15,17-18,20,30H2,(H,32,33). The number of nitrogens with one attached hydrogen (secondary N) is 2. The Morgan fingerprint density at radius 1 is 0.974 bits per heavy atom. The molecule has 0 saturated heterocycles. The second-order valence-electron chi connectivity index (χ2n) is 8.95. The molecule has 0 aliphatic heterocycles. The number of anilines is 2. The number of hydrogen-bond donors (Lipinski definition) is 3. The molecule has 39 heavy (non-hydrogen) atoms. The Kier molecular flexibility index (Phi) is 8.48. The summed E-state index contributed by atoms with van der Waals surface area (Å²) in [5.74, 6) is 0.491. The molecule has 4 N–H and O–H groups in total. The minimum atomic E-state index is -3.19.